The lowest BCUT2D eigenvalue weighted by Gasteiger charge is -2.09. The summed E-state index contributed by atoms with van der Waals surface area (Å²) in [5.41, 5.74) is 3.34. The van der Waals surface area contributed by atoms with Crippen LogP contribution < -0.4 is 4.74 Å². The summed E-state index contributed by atoms with van der Waals surface area (Å²) in [7, 11) is 0. The molecule has 0 aliphatic rings. The van der Waals surface area contributed by atoms with Crippen LogP contribution in [0.3, 0.4) is 0 Å². The normalized spacial score (nSPS) is 10.7. The predicted molar refractivity (Wildman–Crippen MR) is 89.3 cm³/mol. The lowest BCUT2D eigenvalue weighted by Crippen LogP contribution is -2.08. The molecule has 0 atom stereocenters. The summed E-state index contributed by atoms with van der Waals surface area (Å²) in [6, 6.07) is 16.1. The number of rotatable bonds is 6. The van der Waals surface area contributed by atoms with Gasteiger partial charge in [-0.2, -0.15) is 4.80 Å². The van der Waals surface area contributed by atoms with Crippen LogP contribution in [0.4, 0.5) is 0 Å². The minimum absolute atomic E-state index is 0.631. The molecule has 0 radical (unpaired) electrons. The zero-order valence-electron chi connectivity index (χ0n) is 13.4. The van der Waals surface area contributed by atoms with Crippen molar-refractivity contribution < 1.29 is 4.74 Å². The van der Waals surface area contributed by atoms with Crippen LogP contribution in [0, 0.1) is 13.8 Å². The first-order chi connectivity index (χ1) is 11.2. The smallest absolute Gasteiger partial charge is 0.204 e. The Balaban J connectivity index is 1.52. The summed E-state index contributed by atoms with van der Waals surface area (Å²) in [5.74, 6) is 1.60. The maximum absolute atomic E-state index is 5.84. The molecule has 0 fully saturated rings. The van der Waals surface area contributed by atoms with Crippen molar-refractivity contribution in [3.8, 4) is 17.1 Å². The van der Waals surface area contributed by atoms with Gasteiger partial charge in [0, 0.05) is 12.0 Å². The number of benzene rings is 2. The molecule has 0 spiro atoms. The summed E-state index contributed by atoms with van der Waals surface area (Å²) < 4.78 is 5.84. The van der Waals surface area contributed by atoms with E-state index in [1.807, 2.05) is 30.3 Å². The Morgan fingerprint density at radius 3 is 2.70 bits per heavy atom. The van der Waals surface area contributed by atoms with E-state index in [0.717, 1.165) is 23.3 Å². The van der Waals surface area contributed by atoms with Gasteiger partial charge in [-0.05, 0) is 36.3 Å². The third kappa shape index (κ3) is 3.94. The molecule has 5 heteroatoms. The van der Waals surface area contributed by atoms with E-state index in [1.165, 1.54) is 5.56 Å². The average molecular weight is 308 g/mol. The largest absolute Gasteiger partial charge is 0.493 e. The highest BCUT2D eigenvalue weighted by atomic mass is 16.5. The zero-order chi connectivity index (χ0) is 16.1. The van der Waals surface area contributed by atoms with Gasteiger partial charge in [0.2, 0.25) is 5.82 Å². The second kappa shape index (κ2) is 7.05. The molecule has 1 heterocycles. The van der Waals surface area contributed by atoms with Crippen LogP contribution in [0.2, 0.25) is 0 Å². The van der Waals surface area contributed by atoms with Gasteiger partial charge in [0.05, 0.1) is 13.2 Å². The van der Waals surface area contributed by atoms with E-state index < -0.39 is 0 Å². The molecule has 5 nitrogen and oxygen atoms in total. The first-order valence-corrected chi connectivity index (χ1v) is 7.75. The molecule has 23 heavy (non-hydrogen) atoms. The fourth-order valence-electron chi connectivity index (χ4n) is 2.29. The molecule has 0 N–H and O–H groups in total. The molecule has 0 aliphatic heterocycles. The Morgan fingerprint density at radius 1 is 1.04 bits per heavy atom. The third-order valence-electron chi connectivity index (χ3n) is 3.59. The topological polar surface area (TPSA) is 52.8 Å². The van der Waals surface area contributed by atoms with Crippen molar-refractivity contribution in [2.45, 2.75) is 26.8 Å². The second-order valence-corrected chi connectivity index (χ2v) is 5.55. The molecule has 0 amide bonds. The number of tetrazole rings is 1. The van der Waals surface area contributed by atoms with Gasteiger partial charge < -0.3 is 4.74 Å². The van der Waals surface area contributed by atoms with Crippen molar-refractivity contribution in [2.75, 3.05) is 6.61 Å². The van der Waals surface area contributed by atoms with Gasteiger partial charge in [0.15, 0.2) is 0 Å². The van der Waals surface area contributed by atoms with Crippen LogP contribution >= 0.6 is 0 Å². The van der Waals surface area contributed by atoms with Crippen molar-refractivity contribution >= 4 is 0 Å². The highest BCUT2D eigenvalue weighted by molar-refractivity contribution is 5.52. The Morgan fingerprint density at radius 2 is 1.87 bits per heavy atom. The minimum atomic E-state index is 0.631. The lowest BCUT2D eigenvalue weighted by molar-refractivity contribution is 0.291. The predicted octanol–water partition coefficient (Wildman–Crippen LogP) is 3.43. The van der Waals surface area contributed by atoms with Crippen molar-refractivity contribution in [1.82, 2.24) is 20.2 Å². The Kier molecular flexibility index (Phi) is 4.66. The van der Waals surface area contributed by atoms with E-state index >= 15 is 0 Å². The van der Waals surface area contributed by atoms with Crippen LogP contribution in [0.25, 0.3) is 11.4 Å². The van der Waals surface area contributed by atoms with Crippen LogP contribution in [0.15, 0.2) is 48.5 Å². The van der Waals surface area contributed by atoms with E-state index in [1.54, 1.807) is 4.80 Å². The van der Waals surface area contributed by atoms with Crippen molar-refractivity contribution in [1.29, 1.82) is 0 Å². The standard InChI is InChI=1S/C18H20N4O/c1-14-9-10-15(2)17(13-14)23-12-6-11-22-20-18(19-21-22)16-7-4-3-5-8-16/h3-5,7-10,13H,6,11-12H2,1-2H3. The Bertz CT molecular complexity index is 768. The van der Waals surface area contributed by atoms with Gasteiger partial charge in [-0.25, -0.2) is 0 Å². The quantitative estimate of drug-likeness (QED) is 0.655. The minimum Gasteiger partial charge on any atom is -0.493 e. The van der Waals surface area contributed by atoms with Gasteiger partial charge in [-0.15, -0.1) is 10.2 Å². The number of nitrogens with zero attached hydrogens (tertiary/aromatic N) is 4. The highest BCUT2D eigenvalue weighted by Crippen LogP contribution is 2.19. The molecular weight excluding hydrogens is 288 g/mol. The van der Waals surface area contributed by atoms with Crippen LogP contribution in [-0.2, 0) is 6.54 Å². The molecule has 3 rings (SSSR count). The van der Waals surface area contributed by atoms with E-state index in [0.29, 0.717) is 19.0 Å². The maximum Gasteiger partial charge on any atom is 0.204 e. The van der Waals surface area contributed by atoms with E-state index in [-0.39, 0.29) is 0 Å². The second-order valence-electron chi connectivity index (χ2n) is 5.55. The number of aryl methyl sites for hydroxylation is 3. The van der Waals surface area contributed by atoms with E-state index in [9.17, 15) is 0 Å². The first kappa shape index (κ1) is 15.2. The van der Waals surface area contributed by atoms with E-state index in [4.69, 9.17) is 4.74 Å². The summed E-state index contributed by atoms with van der Waals surface area (Å²) in [6.45, 7) is 5.44. The summed E-state index contributed by atoms with van der Waals surface area (Å²) in [5, 5.41) is 12.6. The monoisotopic (exact) mass is 308 g/mol. The number of hydrogen-bond acceptors (Lipinski definition) is 4. The van der Waals surface area contributed by atoms with Gasteiger partial charge in [-0.1, -0.05) is 42.5 Å². The SMILES string of the molecule is Cc1ccc(C)c(OCCCn2nnc(-c3ccccc3)n2)c1. The third-order valence-corrected chi connectivity index (χ3v) is 3.59. The Hall–Kier alpha value is -2.69. The molecule has 118 valence electrons. The van der Waals surface area contributed by atoms with Gasteiger partial charge >= 0.3 is 0 Å². The average Bonchev–Trinajstić information content (AvgIpc) is 3.04. The summed E-state index contributed by atoms with van der Waals surface area (Å²) in [4.78, 5) is 1.62. The maximum atomic E-state index is 5.84. The molecule has 0 saturated carbocycles. The molecule has 3 aromatic rings. The van der Waals surface area contributed by atoms with Gasteiger partial charge in [0.1, 0.15) is 5.75 Å². The molecule has 0 saturated heterocycles. The summed E-state index contributed by atoms with van der Waals surface area (Å²) >= 11 is 0. The van der Waals surface area contributed by atoms with Crippen LogP contribution in [0.5, 0.6) is 5.75 Å². The number of aromatic nitrogens is 4. The lowest BCUT2D eigenvalue weighted by atomic mass is 10.1. The number of ether oxygens (including phenoxy) is 1. The molecular formula is C18H20N4O. The fourth-order valence-corrected chi connectivity index (χ4v) is 2.29. The van der Waals surface area contributed by atoms with Gasteiger partial charge in [-0.3, -0.25) is 0 Å². The zero-order valence-corrected chi connectivity index (χ0v) is 13.4. The first-order valence-electron chi connectivity index (χ1n) is 7.75. The van der Waals surface area contributed by atoms with Crippen molar-refractivity contribution in [3.05, 3.63) is 59.7 Å². The highest BCUT2D eigenvalue weighted by Gasteiger charge is 2.05. The van der Waals surface area contributed by atoms with Crippen LogP contribution in [0.1, 0.15) is 17.5 Å². The van der Waals surface area contributed by atoms with E-state index in [2.05, 4.69) is 47.5 Å². The molecule has 2 aromatic carbocycles. The molecule has 1 aromatic heterocycles. The molecule has 0 unspecified atom stereocenters. The summed E-state index contributed by atoms with van der Waals surface area (Å²) in [6.07, 6.45) is 0.831. The van der Waals surface area contributed by atoms with Crippen LogP contribution in [-0.4, -0.2) is 26.8 Å². The fraction of sp³-hybridized carbons (Fsp3) is 0.278. The Labute approximate surface area is 135 Å². The molecule has 0 bridgehead atoms. The van der Waals surface area contributed by atoms with Crippen molar-refractivity contribution in [3.63, 3.8) is 0 Å². The van der Waals surface area contributed by atoms with Gasteiger partial charge in [0.25, 0.3) is 0 Å². The van der Waals surface area contributed by atoms with Crippen molar-refractivity contribution in [2.24, 2.45) is 0 Å². The number of hydrogen-bond donors (Lipinski definition) is 0. The molecule has 0 aliphatic carbocycles.